The number of hydrogen-bond donors (Lipinski definition) is 1. The molecule has 3 aliphatic carbocycles. The lowest BCUT2D eigenvalue weighted by molar-refractivity contribution is -0.207. The Hall–Kier alpha value is -2.43. The summed E-state index contributed by atoms with van der Waals surface area (Å²) in [6.07, 6.45) is 4.26. The quantitative estimate of drug-likeness (QED) is 0.785. The van der Waals surface area contributed by atoms with Crippen LogP contribution in [0.25, 0.3) is 0 Å². The van der Waals surface area contributed by atoms with E-state index in [1.165, 1.54) is 16.7 Å². The molecule has 1 saturated heterocycles. The Kier molecular flexibility index (Phi) is 4.76. The zero-order valence-electron chi connectivity index (χ0n) is 16.6. The molecular weight excluding hydrogens is 362 g/mol. The second-order valence-electron chi connectivity index (χ2n) is 8.32. The van der Waals surface area contributed by atoms with Crippen molar-refractivity contribution < 1.29 is 14.3 Å². The summed E-state index contributed by atoms with van der Waals surface area (Å²) < 4.78 is 12.2. The lowest BCUT2D eigenvalue weighted by Gasteiger charge is -2.51. The van der Waals surface area contributed by atoms with Crippen LogP contribution in [0.15, 0.2) is 61.2 Å². The molecule has 1 spiro atoms. The zero-order chi connectivity index (χ0) is 19.8. The van der Waals surface area contributed by atoms with Gasteiger partial charge in [-0.1, -0.05) is 54.6 Å². The summed E-state index contributed by atoms with van der Waals surface area (Å²) in [7, 11) is 0. The Morgan fingerprint density at radius 2 is 1.76 bits per heavy atom. The number of carbonyl (C=O) groups is 1. The number of allylic oxidation sites excluding steroid dienone is 1. The summed E-state index contributed by atoms with van der Waals surface area (Å²) in [5, 5.41) is 3.21. The predicted molar refractivity (Wildman–Crippen MR) is 111 cm³/mol. The van der Waals surface area contributed by atoms with E-state index in [1.807, 2.05) is 18.2 Å². The van der Waals surface area contributed by atoms with Crippen LogP contribution in [-0.4, -0.2) is 24.9 Å². The van der Waals surface area contributed by atoms with Crippen LogP contribution in [0.3, 0.4) is 0 Å². The first-order valence-corrected chi connectivity index (χ1v) is 10.5. The molecular formula is C25H27NO3. The molecule has 1 aliphatic heterocycles. The van der Waals surface area contributed by atoms with Crippen molar-refractivity contribution in [2.45, 2.75) is 43.4 Å². The maximum absolute atomic E-state index is 13.2. The SMILES string of the molecule is C=CCc1ccccc1CNC(=O)[C@H]1C[C@@H]2c3ccccc3[C@@H]1CC21OCCO1. The third-order valence-electron chi connectivity index (χ3n) is 6.83. The molecule has 2 aromatic carbocycles. The van der Waals surface area contributed by atoms with E-state index in [-0.39, 0.29) is 23.7 Å². The van der Waals surface area contributed by atoms with Crippen LogP contribution >= 0.6 is 0 Å². The Morgan fingerprint density at radius 1 is 1.07 bits per heavy atom. The van der Waals surface area contributed by atoms with Gasteiger partial charge in [-0.2, -0.15) is 0 Å². The molecule has 4 nitrogen and oxygen atoms in total. The molecule has 29 heavy (non-hydrogen) atoms. The summed E-state index contributed by atoms with van der Waals surface area (Å²) in [5.41, 5.74) is 4.96. The number of hydrogen-bond acceptors (Lipinski definition) is 3. The van der Waals surface area contributed by atoms with Gasteiger partial charge in [-0.25, -0.2) is 0 Å². The molecule has 150 valence electrons. The van der Waals surface area contributed by atoms with Crippen LogP contribution in [0.2, 0.25) is 0 Å². The summed E-state index contributed by atoms with van der Waals surface area (Å²) in [4.78, 5) is 13.2. The molecule has 1 N–H and O–H groups in total. The molecule has 2 bridgehead atoms. The second kappa shape index (κ2) is 7.43. The molecule has 4 aliphatic rings. The van der Waals surface area contributed by atoms with Crippen molar-refractivity contribution in [3.8, 4) is 0 Å². The van der Waals surface area contributed by atoms with Gasteiger partial charge in [0.25, 0.3) is 0 Å². The fourth-order valence-electron chi connectivity index (χ4n) is 5.52. The van der Waals surface area contributed by atoms with Gasteiger partial charge in [0.15, 0.2) is 5.79 Å². The number of amides is 1. The van der Waals surface area contributed by atoms with Gasteiger partial charge in [0, 0.05) is 30.7 Å². The van der Waals surface area contributed by atoms with E-state index in [0.29, 0.717) is 19.8 Å². The van der Waals surface area contributed by atoms with Gasteiger partial charge < -0.3 is 14.8 Å². The van der Waals surface area contributed by atoms with Crippen molar-refractivity contribution in [2.24, 2.45) is 5.92 Å². The van der Waals surface area contributed by atoms with E-state index in [0.717, 1.165) is 24.8 Å². The van der Waals surface area contributed by atoms with Crippen molar-refractivity contribution in [3.63, 3.8) is 0 Å². The molecule has 2 aromatic rings. The van der Waals surface area contributed by atoms with Gasteiger partial charge in [-0.3, -0.25) is 4.79 Å². The average molecular weight is 389 g/mol. The first-order chi connectivity index (χ1) is 14.2. The van der Waals surface area contributed by atoms with Crippen molar-refractivity contribution in [2.75, 3.05) is 13.2 Å². The summed E-state index contributed by atoms with van der Waals surface area (Å²) >= 11 is 0. The van der Waals surface area contributed by atoms with E-state index in [1.54, 1.807) is 0 Å². The van der Waals surface area contributed by atoms with E-state index in [2.05, 4.69) is 48.3 Å². The smallest absolute Gasteiger partial charge is 0.224 e. The Bertz CT molecular complexity index is 931. The van der Waals surface area contributed by atoms with E-state index in [9.17, 15) is 4.79 Å². The number of fused-ring (bicyclic) bond motifs is 1. The molecule has 2 fully saturated rings. The average Bonchev–Trinajstić information content (AvgIpc) is 3.21. The maximum atomic E-state index is 13.2. The van der Waals surface area contributed by atoms with Crippen LogP contribution < -0.4 is 5.32 Å². The Labute approximate surface area is 171 Å². The van der Waals surface area contributed by atoms with Crippen molar-refractivity contribution in [1.29, 1.82) is 0 Å². The van der Waals surface area contributed by atoms with Crippen molar-refractivity contribution >= 4 is 5.91 Å². The highest BCUT2D eigenvalue weighted by atomic mass is 16.7. The molecule has 6 rings (SSSR count). The van der Waals surface area contributed by atoms with E-state index < -0.39 is 5.79 Å². The standard InChI is InChI=1S/C25H27NO3/c1-2-7-17-8-3-4-9-18(17)16-26-24(27)21-14-23-20-11-6-5-10-19(20)22(21)15-25(23)28-12-13-29-25/h2-6,8-11,21-23H,1,7,12-16H2,(H,26,27)/t21-,22-,23+/m0/s1. The van der Waals surface area contributed by atoms with Crippen molar-refractivity contribution in [1.82, 2.24) is 5.32 Å². The molecule has 0 aromatic heterocycles. The number of benzene rings is 2. The minimum Gasteiger partial charge on any atom is -0.352 e. The zero-order valence-corrected chi connectivity index (χ0v) is 16.6. The predicted octanol–water partition coefficient (Wildman–Crippen LogP) is 4.07. The molecule has 4 heteroatoms. The summed E-state index contributed by atoms with van der Waals surface area (Å²) in [6, 6.07) is 16.7. The van der Waals surface area contributed by atoms with Crippen LogP contribution in [0, 0.1) is 5.92 Å². The fourth-order valence-corrected chi connectivity index (χ4v) is 5.52. The van der Waals surface area contributed by atoms with Crippen LogP contribution in [0.4, 0.5) is 0 Å². The number of nitrogens with one attached hydrogen (secondary N) is 1. The van der Waals surface area contributed by atoms with Gasteiger partial charge in [-0.05, 0) is 35.1 Å². The van der Waals surface area contributed by atoms with Gasteiger partial charge in [-0.15, -0.1) is 6.58 Å². The normalized spacial score (nSPS) is 26.3. The topological polar surface area (TPSA) is 47.6 Å². The molecule has 0 radical (unpaired) electrons. The highest BCUT2D eigenvalue weighted by Crippen LogP contribution is 2.59. The maximum Gasteiger partial charge on any atom is 0.224 e. The van der Waals surface area contributed by atoms with Gasteiger partial charge in [0.05, 0.1) is 13.2 Å². The fraction of sp³-hybridized carbons (Fsp3) is 0.400. The van der Waals surface area contributed by atoms with E-state index in [4.69, 9.17) is 9.47 Å². The molecule has 3 atom stereocenters. The highest BCUT2D eigenvalue weighted by Gasteiger charge is 2.58. The minimum absolute atomic E-state index is 0.0418. The lowest BCUT2D eigenvalue weighted by Crippen LogP contribution is -2.52. The van der Waals surface area contributed by atoms with Crippen LogP contribution in [-0.2, 0) is 27.2 Å². The van der Waals surface area contributed by atoms with Gasteiger partial charge >= 0.3 is 0 Å². The van der Waals surface area contributed by atoms with Gasteiger partial charge in [0.1, 0.15) is 0 Å². The third kappa shape index (κ3) is 3.11. The lowest BCUT2D eigenvalue weighted by atomic mass is 9.58. The largest absolute Gasteiger partial charge is 0.352 e. The second-order valence-corrected chi connectivity index (χ2v) is 8.32. The van der Waals surface area contributed by atoms with Gasteiger partial charge in [0.2, 0.25) is 5.91 Å². The van der Waals surface area contributed by atoms with Crippen molar-refractivity contribution in [3.05, 3.63) is 83.4 Å². The molecule has 1 saturated carbocycles. The van der Waals surface area contributed by atoms with E-state index >= 15 is 0 Å². The highest BCUT2D eigenvalue weighted by molar-refractivity contribution is 5.81. The third-order valence-corrected chi connectivity index (χ3v) is 6.83. The Balaban J connectivity index is 1.36. The number of ether oxygens (including phenoxy) is 2. The first-order valence-electron chi connectivity index (χ1n) is 10.5. The minimum atomic E-state index is -0.535. The first kappa shape index (κ1) is 18.6. The number of carbonyl (C=O) groups excluding carboxylic acids is 1. The Morgan fingerprint density at radius 3 is 2.52 bits per heavy atom. The molecule has 1 amide bonds. The molecule has 1 heterocycles. The number of rotatable bonds is 5. The monoisotopic (exact) mass is 389 g/mol. The molecule has 0 unspecified atom stereocenters. The summed E-state index contributed by atoms with van der Waals surface area (Å²) in [5.74, 6) is -0.185. The summed E-state index contributed by atoms with van der Waals surface area (Å²) in [6.45, 7) is 5.67. The van der Waals surface area contributed by atoms with Crippen LogP contribution in [0.1, 0.15) is 46.9 Å². The van der Waals surface area contributed by atoms with Crippen LogP contribution in [0.5, 0.6) is 0 Å².